The lowest BCUT2D eigenvalue weighted by atomic mass is 9.98. The van der Waals surface area contributed by atoms with Crippen molar-refractivity contribution in [2.24, 2.45) is 10.9 Å². The second-order valence-corrected chi connectivity index (χ2v) is 11.1. The lowest BCUT2D eigenvalue weighted by Gasteiger charge is -2.12. The smallest absolute Gasteiger partial charge is 0.303 e. The van der Waals surface area contributed by atoms with Gasteiger partial charge in [-0.15, -0.1) is 0 Å². The van der Waals surface area contributed by atoms with Crippen LogP contribution in [0.5, 0.6) is 0 Å². The van der Waals surface area contributed by atoms with Crippen LogP contribution < -0.4 is 16.0 Å². The lowest BCUT2D eigenvalue weighted by Crippen LogP contribution is -2.30. The van der Waals surface area contributed by atoms with Gasteiger partial charge in [-0.2, -0.15) is 0 Å². The van der Waals surface area contributed by atoms with E-state index < -0.39 is 11.9 Å². The highest BCUT2D eigenvalue weighted by molar-refractivity contribution is 6.29. The standard InChI is InChI=1S/C33H38N4O6/c1-7-20-19(6)32(42)37-27(20)14-25-18(5)23(10-12-31(40)41)29(35-25)15-28-22(9-11-30(38)39)17(4)24(34-28)13-26-16(3)21(8-2)33(43)36-26/h7-8,14-15,19,26,34-35H,2,9-13H2,1,3-6H3,(H,36,43)(H,38,39)(H,40,41)/b20-7-,25-14?,29-15?. The Morgan fingerprint density at radius 3 is 2.19 bits per heavy atom. The SMILES string of the molecule is C=CC1=C(C)C(Cc2[nH]c(C=c3[nH]c(=CC4=NC(=O)C(C)/C4=C/C)c(C)c3CCC(=O)O)c(CCC(=O)O)c2C)NC1=O. The zero-order valence-electron chi connectivity index (χ0n) is 25.2. The van der Waals surface area contributed by atoms with Gasteiger partial charge in [-0.1, -0.05) is 18.7 Å². The first-order chi connectivity index (χ1) is 20.4. The number of nitrogens with one attached hydrogen (secondary N) is 3. The fourth-order valence-corrected chi connectivity index (χ4v) is 5.90. The first-order valence-corrected chi connectivity index (χ1v) is 14.3. The summed E-state index contributed by atoms with van der Waals surface area (Å²) in [5, 5.41) is 23.3. The van der Waals surface area contributed by atoms with Crippen molar-refractivity contribution in [1.29, 1.82) is 0 Å². The van der Waals surface area contributed by atoms with Gasteiger partial charge < -0.3 is 25.5 Å². The molecule has 0 aliphatic carbocycles. The van der Waals surface area contributed by atoms with Crippen molar-refractivity contribution >= 4 is 41.6 Å². The summed E-state index contributed by atoms with van der Waals surface area (Å²) in [6.45, 7) is 13.2. The Morgan fingerprint density at radius 1 is 0.953 bits per heavy atom. The number of hydrogen-bond acceptors (Lipinski definition) is 4. The van der Waals surface area contributed by atoms with E-state index in [0.29, 0.717) is 34.1 Å². The van der Waals surface area contributed by atoms with E-state index in [1.165, 1.54) is 0 Å². The number of carboxylic acids is 2. The number of hydrogen-bond donors (Lipinski definition) is 5. The first-order valence-electron chi connectivity index (χ1n) is 14.3. The van der Waals surface area contributed by atoms with Crippen LogP contribution >= 0.6 is 0 Å². The van der Waals surface area contributed by atoms with Gasteiger partial charge in [0.05, 0.1) is 17.7 Å². The van der Waals surface area contributed by atoms with Crippen molar-refractivity contribution in [1.82, 2.24) is 15.3 Å². The van der Waals surface area contributed by atoms with Crippen molar-refractivity contribution in [3.63, 3.8) is 0 Å². The number of carbonyl (C=O) groups is 4. The van der Waals surface area contributed by atoms with Crippen molar-refractivity contribution in [3.8, 4) is 0 Å². The van der Waals surface area contributed by atoms with Gasteiger partial charge in [0.25, 0.3) is 11.8 Å². The summed E-state index contributed by atoms with van der Waals surface area (Å²) in [5.41, 5.74) is 7.85. The Hall–Kier alpha value is -4.73. The third kappa shape index (κ3) is 6.38. The van der Waals surface area contributed by atoms with Crippen molar-refractivity contribution in [2.75, 3.05) is 0 Å². The van der Waals surface area contributed by atoms with Gasteiger partial charge in [0.15, 0.2) is 0 Å². The number of aromatic amines is 2. The zero-order chi connectivity index (χ0) is 31.6. The minimum Gasteiger partial charge on any atom is -0.481 e. The normalized spacial score (nSPS) is 20.4. The van der Waals surface area contributed by atoms with Crippen LogP contribution in [0.15, 0.2) is 40.4 Å². The van der Waals surface area contributed by atoms with Crippen molar-refractivity contribution < 1.29 is 29.4 Å². The van der Waals surface area contributed by atoms with E-state index in [4.69, 9.17) is 0 Å². The highest BCUT2D eigenvalue weighted by Crippen LogP contribution is 2.27. The molecule has 2 aliphatic rings. The molecule has 2 amide bonds. The Kier molecular flexibility index (Phi) is 9.18. The maximum Gasteiger partial charge on any atom is 0.303 e. The highest BCUT2D eigenvalue weighted by atomic mass is 16.4. The molecule has 10 nitrogen and oxygen atoms in total. The van der Waals surface area contributed by atoms with Crippen LogP contribution in [0.4, 0.5) is 0 Å². The van der Waals surface area contributed by atoms with E-state index in [1.807, 2.05) is 52.8 Å². The molecule has 2 aromatic heterocycles. The predicted octanol–water partition coefficient (Wildman–Crippen LogP) is 2.71. The number of carbonyl (C=O) groups excluding carboxylic acids is 2. The molecular formula is C33H38N4O6. The molecule has 10 heteroatoms. The maximum absolute atomic E-state index is 12.4. The molecule has 0 bridgehead atoms. The molecule has 226 valence electrons. The van der Waals surface area contributed by atoms with Gasteiger partial charge in [0.1, 0.15) is 0 Å². The van der Waals surface area contributed by atoms with Gasteiger partial charge in [-0.3, -0.25) is 19.2 Å². The summed E-state index contributed by atoms with van der Waals surface area (Å²) in [7, 11) is 0. The van der Waals surface area contributed by atoms with Gasteiger partial charge in [0.2, 0.25) is 0 Å². The number of aliphatic imine (C=N–C) groups is 1. The average molecular weight is 587 g/mol. The number of rotatable bonds is 11. The second kappa shape index (κ2) is 12.6. The first kappa shape index (κ1) is 31.2. The second-order valence-electron chi connectivity index (χ2n) is 11.1. The number of H-pyrrole nitrogens is 2. The molecule has 5 N–H and O–H groups in total. The number of nitrogens with zero attached hydrogens (tertiary/aromatic N) is 1. The molecular weight excluding hydrogens is 548 g/mol. The van der Waals surface area contributed by atoms with E-state index in [0.717, 1.165) is 39.1 Å². The molecule has 0 aromatic carbocycles. The van der Waals surface area contributed by atoms with E-state index >= 15 is 0 Å². The Bertz CT molecular complexity index is 1750. The Labute approximate surface area is 249 Å². The molecule has 2 atom stereocenters. The van der Waals surface area contributed by atoms with E-state index in [1.54, 1.807) is 6.08 Å². The number of aromatic nitrogens is 2. The Balaban J connectivity index is 1.86. The van der Waals surface area contributed by atoms with Crippen LogP contribution in [-0.2, 0) is 38.4 Å². The summed E-state index contributed by atoms with van der Waals surface area (Å²) >= 11 is 0. The third-order valence-corrected chi connectivity index (χ3v) is 8.50. The molecule has 4 rings (SSSR count). The van der Waals surface area contributed by atoms with Gasteiger partial charge in [-0.25, -0.2) is 4.99 Å². The van der Waals surface area contributed by atoms with Crippen LogP contribution in [0.2, 0.25) is 0 Å². The summed E-state index contributed by atoms with van der Waals surface area (Å²) in [5.74, 6) is -2.54. The summed E-state index contributed by atoms with van der Waals surface area (Å²) in [6, 6.07) is -0.226. The molecule has 0 radical (unpaired) electrons. The summed E-state index contributed by atoms with van der Waals surface area (Å²) < 4.78 is 0. The largest absolute Gasteiger partial charge is 0.481 e. The zero-order valence-corrected chi connectivity index (χ0v) is 25.2. The topological polar surface area (TPSA) is 165 Å². The molecule has 0 saturated heterocycles. The molecule has 2 aromatic rings. The molecule has 0 saturated carbocycles. The molecule has 0 spiro atoms. The lowest BCUT2D eigenvalue weighted by molar-refractivity contribution is -0.138. The number of allylic oxidation sites excluding steroid dienone is 1. The van der Waals surface area contributed by atoms with Crippen LogP contribution in [0, 0.1) is 19.8 Å². The van der Waals surface area contributed by atoms with Crippen LogP contribution in [-0.4, -0.2) is 55.7 Å². The molecule has 4 heterocycles. The Morgan fingerprint density at radius 2 is 1.60 bits per heavy atom. The highest BCUT2D eigenvalue weighted by Gasteiger charge is 2.29. The molecule has 2 unspecified atom stereocenters. The third-order valence-electron chi connectivity index (χ3n) is 8.50. The van der Waals surface area contributed by atoms with Crippen molar-refractivity contribution in [3.05, 3.63) is 79.8 Å². The van der Waals surface area contributed by atoms with Crippen LogP contribution in [0.3, 0.4) is 0 Å². The fraction of sp³-hybridized carbons (Fsp3) is 0.364. The number of aliphatic carboxylic acids is 2. The van der Waals surface area contributed by atoms with Gasteiger partial charge >= 0.3 is 11.9 Å². The molecule has 43 heavy (non-hydrogen) atoms. The van der Waals surface area contributed by atoms with Gasteiger partial charge in [-0.05, 0) is 93.0 Å². The summed E-state index contributed by atoms with van der Waals surface area (Å²) in [6.07, 6.45) is 8.05. The minimum absolute atomic E-state index is 0.0640. The number of carboxylic acid groups (broad SMARTS) is 2. The molecule has 0 fully saturated rings. The average Bonchev–Trinajstić information content (AvgIpc) is 3.59. The fourth-order valence-electron chi connectivity index (χ4n) is 5.90. The van der Waals surface area contributed by atoms with Gasteiger partial charge in [0, 0.05) is 46.9 Å². The minimum atomic E-state index is -0.922. The van der Waals surface area contributed by atoms with Crippen LogP contribution in [0.1, 0.15) is 67.3 Å². The number of amides is 2. The quantitative estimate of drug-likeness (QED) is 0.272. The summed E-state index contributed by atoms with van der Waals surface area (Å²) in [4.78, 5) is 58.8. The van der Waals surface area contributed by atoms with E-state index in [-0.39, 0.29) is 49.5 Å². The van der Waals surface area contributed by atoms with E-state index in [9.17, 15) is 29.4 Å². The van der Waals surface area contributed by atoms with E-state index in [2.05, 4.69) is 26.9 Å². The predicted molar refractivity (Wildman–Crippen MR) is 164 cm³/mol. The van der Waals surface area contributed by atoms with Crippen molar-refractivity contribution in [2.45, 2.75) is 72.8 Å². The monoisotopic (exact) mass is 586 g/mol. The van der Waals surface area contributed by atoms with Crippen LogP contribution in [0.25, 0.3) is 12.2 Å². The maximum atomic E-state index is 12.4. The molecule has 2 aliphatic heterocycles.